The van der Waals surface area contributed by atoms with Crippen LogP contribution in [0, 0.1) is 35.0 Å². The van der Waals surface area contributed by atoms with E-state index >= 15 is 0 Å². The van der Waals surface area contributed by atoms with Crippen molar-refractivity contribution in [2.45, 2.75) is 84.2 Å². The first-order valence-corrected chi connectivity index (χ1v) is 17.4. The van der Waals surface area contributed by atoms with E-state index in [1.54, 1.807) is 14.2 Å². The van der Waals surface area contributed by atoms with Crippen LogP contribution >= 0.6 is 0 Å². The van der Waals surface area contributed by atoms with Crippen molar-refractivity contribution in [3.8, 4) is 11.5 Å². The number of hydrogen-bond donors (Lipinski definition) is 2. The number of methoxy groups -OCH3 is 2. The zero-order valence-electron chi connectivity index (χ0n) is 29.2. The predicted molar refractivity (Wildman–Crippen MR) is 187 cm³/mol. The van der Waals surface area contributed by atoms with Crippen LogP contribution in [0.4, 0.5) is 0 Å². The Bertz CT molecular complexity index is 1400. The van der Waals surface area contributed by atoms with Gasteiger partial charge >= 0.3 is 0 Å². The van der Waals surface area contributed by atoms with Gasteiger partial charge in [-0.25, -0.2) is 0 Å². The summed E-state index contributed by atoms with van der Waals surface area (Å²) in [6, 6.07) is 15.8. The van der Waals surface area contributed by atoms with E-state index in [1.807, 2.05) is 48.5 Å². The molecule has 0 spiro atoms. The van der Waals surface area contributed by atoms with E-state index in [0.29, 0.717) is 51.1 Å². The monoisotopic (exact) mass is 644 g/mol. The van der Waals surface area contributed by atoms with E-state index in [2.05, 4.69) is 40.0 Å². The van der Waals surface area contributed by atoms with Crippen molar-refractivity contribution < 1.29 is 29.2 Å². The van der Waals surface area contributed by atoms with Crippen LogP contribution in [0.25, 0.3) is 0 Å². The Morgan fingerprint density at radius 3 is 2.13 bits per heavy atom. The van der Waals surface area contributed by atoms with Crippen LogP contribution in [-0.4, -0.2) is 49.4 Å². The fourth-order valence-corrected chi connectivity index (χ4v) is 8.68. The van der Waals surface area contributed by atoms with Gasteiger partial charge in [0.25, 0.3) is 0 Å². The second-order valence-corrected chi connectivity index (χ2v) is 14.7. The third kappa shape index (κ3) is 7.72. The van der Waals surface area contributed by atoms with Crippen LogP contribution in [0.5, 0.6) is 11.5 Å². The van der Waals surface area contributed by atoms with E-state index in [0.717, 1.165) is 53.9 Å². The number of ether oxygens (including phenoxy) is 4. The fourth-order valence-electron chi connectivity index (χ4n) is 8.68. The molecule has 6 rings (SSSR count). The Morgan fingerprint density at radius 2 is 1.57 bits per heavy atom. The van der Waals surface area contributed by atoms with Gasteiger partial charge in [0.2, 0.25) is 0 Å². The molecular weight excluding hydrogens is 588 g/mol. The molecule has 4 fully saturated rings. The molecule has 0 heterocycles. The molecule has 4 aliphatic rings. The van der Waals surface area contributed by atoms with Crippen molar-refractivity contribution in [2.75, 3.05) is 27.4 Å². The fraction of sp³-hybridized carbons (Fsp3) is 0.561. The van der Waals surface area contributed by atoms with Gasteiger partial charge in [0.1, 0.15) is 11.5 Å². The molecule has 4 saturated carbocycles. The highest BCUT2D eigenvalue weighted by molar-refractivity contribution is 5.47. The van der Waals surface area contributed by atoms with Gasteiger partial charge in [0.15, 0.2) is 0 Å². The molecule has 256 valence electrons. The summed E-state index contributed by atoms with van der Waals surface area (Å²) in [5.74, 6) is 2.48. The lowest BCUT2D eigenvalue weighted by Gasteiger charge is -2.46. The Balaban J connectivity index is 1.13. The van der Waals surface area contributed by atoms with Crippen LogP contribution in [-0.2, 0) is 22.7 Å². The zero-order valence-corrected chi connectivity index (χ0v) is 29.2. The first-order valence-electron chi connectivity index (χ1n) is 17.4. The lowest BCUT2D eigenvalue weighted by atomic mass is 9.63. The van der Waals surface area contributed by atoms with E-state index in [1.165, 1.54) is 11.1 Å². The minimum atomic E-state index is -0.966. The van der Waals surface area contributed by atoms with Crippen molar-refractivity contribution in [1.29, 1.82) is 0 Å². The number of allylic oxidation sites excluding steroid dienone is 1. The summed E-state index contributed by atoms with van der Waals surface area (Å²) in [5, 5.41) is 23.7. The molecule has 4 aliphatic carbocycles. The van der Waals surface area contributed by atoms with Crippen molar-refractivity contribution >= 4 is 0 Å². The van der Waals surface area contributed by atoms with Crippen LogP contribution in [0.2, 0.25) is 0 Å². The SMILES string of the molecule is C=C1[C@@H]2[C@H]3[C@]2(C)CC[C@@H]1[C@@]3(O)C(=C)[C@H](COCc1ccc(OC)cc1)C[C@@H](O)C[C@H](C)CC/C=C(\C)COCc1ccc(OC)cc1. The first kappa shape index (κ1) is 35.4. The van der Waals surface area contributed by atoms with Gasteiger partial charge in [-0.3, -0.25) is 0 Å². The zero-order chi connectivity index (χ0) is 33.8. The van der Waals surface area contributed by atoms with Gasteiger partial charge in [-0.2, -0.15) is 0 Å². The Kier molecular flexibility index (Phi) is 11.4. The van der Waals surface area contributed by atoms with Crippen LogP contribution in [0.15, 0.2) is 84.5 Å². The average molecular weight is 645 g/mol. The highest BCUT2D eigenvalue weighted by atomic mass is 16.5. The van der Waals surface area contributed by atoms with Gasteiger partial charge in [0, 0.05) is 17.8 Å². The van der Waals surface area contributed by atoms with Crippen LogP contribution in [0.3, 0.4) is 0 Å². The summed E-state index contributed by atoms with van der Waals surface area (Å²) in [7, 11) is 3.33. The van der Waals surface area contributed by atoms with Crippen molar-refractivity contribution in [3.05, 3.63) is 95.6 Å². The minimum Gasteiger partial charge on any atom is -0.497 e. The summed E-state index contributed by atoms with van der Waals surface area (Å²) in [5.41, 5.74) is 4.58. The third-order valence-corrected chi connectivity index (χ3v) is 11.4. The minimum absolute atomic E-state index is 0.0576. The molecule has 2 aromatic rings. The molecule has 0 radical (unpaired) electrons. The predicted octanol–water partition coefficient (Wildman–Crippen LogP) is 8.08. The molecule has 0 saturated heterocycles. The number of aliphatic hydroxyl groups excluding tert-OH is 1. The second-order valence-electron chi connectivity index (χ2n) is 14.7. The molecule has 6 nitrogen and oxygen atoms in total. The number of fused-ring (bicyclic) bond motifs is 1. The Hall–Kier alpha value is -2.90. The molecule has 8 atom stereocenters. The van der Waals surface area contributed by atoms with E-state index in [9.17, 15) is 10.2 Å². The van der Waals surface area contributed by atoms with Crippen molar-refractivity contribution in [1.82, 2.24) is 0 Å². The van der Waals surface area contributed by atoms with Gasteiger partial charge in [-0.05, 0) is 104 Å². The molecule has 4 bridgehead atoms. The van der Waals surface area contributed by atoms with Gasteiger partial charge in [-0.1, -0.05) is 68.5 Å². The number of hydrogen-bond acceptors (Lipinski definition) is 6. The maximum absolute atomic E-state index is 12.3. The molecular formula is C41H56O6. The Labute approximate surface area is 282 Å². The summed E-state index contributed by atoms with van der Waals surface area (Å²) < 4.78 is 22.7. The standard InChI is InChI=1S/C41H56O6/c1-27(9-8-10-28(2)23-46-24-31-11-15-35(44-6)16-12-31)21-34(42)22-33(26-47-25-32-13-17-36(45-7)18-14-32)30(4)41(43)37-19-20-40(5)38(29(37)3)39(40)41/h10-18,27,33-34,37-39,42-43H,3-4,8-9,19-26H2,1-2,5-7H3/b28-10+/t27-,33+,34+,37+,38-,39+,40-,41+/m1/s1. The third-order valence-electron chi connectivity index (χ3n) is 11.4. The number of aliphatic hydroxyl groups is 2. The normalized spacial score (nSPS) is 28.1. The molecule has 0 unspecified atom stereocenters. The van der Waals surface area contributed by atoms with Gasteiger partial charge < -0.3 is 29.2 Å². The van der Waals surface area contributed by atoms with E-state index in [4.69, 9.17) is 18.9 Å². The van der Waals surface area contributed by atoms with Gasteiger partial charge in [-0.15, -0.1) is 0 Å². The summed E-state index contributed by atoms with van der Waals surface area (Å²) in [6.45, 7) is 17.6. The Morgan fingerprint density at radius 1 is 0.979 bits per heavy atom. The topological polar surface area (TPSA) is 77.4 Å². The molecule has 0 amide bonds. The van der Waals surface area contributed by atoms with Crippen LogP contribution < -0.4 is 9.47 Å². The maximum Gasteiger partial charge on any atom is 0.118 e. The largest absolute Gasteiger partial charge is 0.497 e. The highest BCUT2D eigenvalue weighted by Gasteiger charge is 2.80. The molecule has 6 heteroatoms. The lowest BCUT2D eigenvalue weighted by Crippen LogP contribution is -2.48. The van der Waals surface area contributed by atoms with Crippen molar-refractivity contribution in [2.24, 2.45) is 35.0 Å². The molecule has 2 N–H and O–H groups in total. The molecule has 0 aromatic heterocycles. The highest BCUT2D eigenvalue weighted by Crippen LogP contribution is 2.81. The number of benzene rings is 2. The maximum atomic E-state index is 12.3. The van der Waals surface area contributed by atoms with E-state index in [-0.39, 0.29) is 23.2 Å². The number of rotatable bonds is 19. The van der Waals surface area contributed by atoms with Crippen LogP contribution in [0.1, 0.15) is 70.4 Å². The van der Waals surface area contributed by atoms with Crippen molar-refractivity contribution in [3.63, 3.8) is 0 Å². The second kappa shape index (κ2) is 15.1. The summed E-state index contributed by atoms with van der Waals surface area (Å²) in [6.07, 6.45) is 6.98. The molecule has 2 aromatic carbocycles. The van der Waals surface area contributed by atoms with E-state index < -0.39 is 11.7 Å². The summed E-state index contributed by atoms with van der Waals surface area (Å²) in [4.78, 5) is 0. The smallest absolute Gasteiger partial charge is 0.118 e. The first-order chi connectivity index (χ1) is 22.5. The summed E-state index contributed by atoms with van der Waals surface area (Å²) >= 11 is 0. The average Bonchev–Trinajstić information content (AvgIpc) is 3.66. The quantitative estimate of drug-likeness (QED) is 0.151. The lowest BCUT2D eigenvalue weighted by molar-refractivity contribution is -0.0375. The van der Waals surface area contributed by atoms with Gasteiger partial charge in [0.05, 0.1) is 52.4 Å². The molecule has 0 aliphatic heterocycles. The molecule has 47 heavy (non-hydrogen) atoms.